The molecule has 0 aromatic carbocycles. The standard InChI is InChI=1S/C11H17N3O3/c1-11(2,3)17-10(15)13-6-8-5-12-7-9(14-8)16-4/h5,7H,6H2,1-4H3,(H,13,15). The molecule has 0 spiro atoms. The van der Waals surface area contributed by atoms with Crippen molar-refractivity contribution >= 4 is 6.09 Å². The summed E-state index contributed by atoms with van der Waals surface area (Å²) < 4.78 is 10.0. The summed E-state index contributed by atoms with van der Waals surface area (Å²) >= 11 is 0. The smallest absolute Gasteiger partial charge is 0.407 e. The van der Waals surface area contributed by atoms with Gasteiger partial charge in [-0.3, -0.25) is 4.98 Å². The Balaban J connectivity index is 2.47. The van der Waals surface area contributed by atoms with Crippen LogP contribution in [0, 0.1) is 0 Å². The minimum Gasteiger partial charge on any atom is -0.480 e. The number of nitrogens with zero attached hydrogens (tertiary/aromatic N) is 2. The Morgan fingerprint density at radius 3 is 2.71 bits per heavy atom. The molecule has 0 atom stereocenters. The van der Waals surface area contributed by atoms with Crippen molar-refractivity contribution in [1.29, 1.82) is 0 Å². The SMILES string of the molecule is COc1cncc(CNC(=O)OC(C)(C)C)n1. The van der Waals surface area contributed by atoms with Crippen LogP contribution in [-0.4, -0.2) is 28.8 Å². The Kier molecular flexibility index (Phi) is 4.25. The lowest BCUT2D eigenvalue weighted by atomic mass is 10.2. The molecule has 0 aliphatic rings. The molecule has 17 heavy (non-hydrogen) atoms. The predicted molar refractivity (Wildman–Crippen MR) is 61.7 cm³/mol. The van der Waals surface area contributed by atoms with Gasteiger partial charge in [0.15, 0.2) is 0 Å². The molecule has 0 fully saturated rings. The molecule has 0 saturated heterocycles. The van der Waals surface area contributed by atoms with Crippen molar-refractivity contribution in [3.8, 4) is 5.88 Å². The fourth-order valence-electron chi connectivity index (χ4n) is 1.05. The van der Waals surface area contributed by atoms with Gasteiger partial charge >= 0.3 is 6.09 Å². The summed E-state index contributed by atoms with van der Waals surface area (Å²) in [5.41, 5.74) is 0.0969. The number of amides is 1. The zero-order valence-corrected chi connectivity index (χ0v) is 10.5. The van der Waals surface area contributed by atoms with E-state index in [2.05, 4.69) is 15.3 Å². The molecular formula is C11H17N3O3. The first-order valence-electron chi connectivity index (χ1n) is 5.22. The van der Waals surface area contributed by atoms with E-state index in [1.54, 1.807) is 27.0 Å². The van der Waals surface area contributed by atoms with Gasteiger partial charge in [0, 0.05) is 0 Å². The number of alkyl carbamates (subject to hydrolysis) is 1. The third-order valence-corrected chi connectivity index (χ3v) is 1.68. The lowest BCUT2D eigenvalue weighted by Crippen LogP contribution is -2.32. The number of hydrogen-bond donors (Lipinski definition) is 1. The summed E-state index contributed by atoms with van der Waals surface area (Å²) in [4.78, 5) is 19.4. The summed E-state index contributed by atoms with van der Waals surface area (Å²) in [6.45, 7) is 5.66. The second-order valence-corrected chi connectivity index (χ2v) is 4.41. The first kappa shape index (κ1) is 13.2. The fourth-order valence-corrected chi connectivity index (χ4v) is 1.05. The molecule has 1 heterocycles. The number of carbonyl (C=O) groups excluding carboxylic acids is 1. The van der Waals surface area contributed by atoms with Crippen molar-refractivity contribution in [3.05, 3.63) is 18.1 Å². The van der Waals surface area contributed by atoms with Gasteiger partial charge in [-0.2, -0.15) is 0 Å². The first-order chi connectivity index (χ1) is 7.90. The molecule has 1 aromatic heterocycles. The Morgan fingerprint density at radius 2 is 2.12 bits per heavy atom. The van der Waals surface area contributed by atoms with E-state index >= 15 is 0 Å². The molecular weight excluding hydrogens is 222 g/mol. The van der Waals surface area contributed by atoms with Gasteiger partial charge in [0.25, 0.3) is 0 Å². The summed E-state index contributed by atoms with van der Waals surface area (Å²) in [6.07, 6.45) is 2.57. The Bertz CT molecular complexity index is 388. The summed E-state index contributed by atoms with van der Waals surface area (Å²) in [7, 11) is 1.51. The van der Waals surface area contributed by atoms with Crippen LogP contribution in [0.4, 0.5) is 4.79 Å². The van der Waals surface area contributed by atoms with Gasteiger partial charge in [0.2, 0.25) is 5.88 Å². The molecule has 94 valence electrons. The lowest BCUT2D eigenvalue weighted by molar-refractivity contribution is 0.0522. The molecule has 6 nitrogen and oxygen atoms in total. The van der Waals surface area contributed by atoms with Crippen LogP contribution in [0.15, 0.2) is 12.4 Å². The van der Waals surface area contributed by atoms with Crippen LogP contribution >= 0.6 is 0 Å². The number of rotatable bonds is 3. The molecule has 0 aliphatic heterocycles. The fraction of sp³-hybridized carbons (Fsp3) is 0.545. The van der Waals surface area contributed by atoms with Crippen LogP contribution < -0.4 is 10.1 Å². The molecule has 0 radical (unpaired) electrons. The number of carbonyl (C=O) groups is 1. The van der Waals surface area contributed by atoms with E-state index in [9.17, 15) is 4.79 Å². The molecule has 0 unspecified atom stereocenters. The second-order valence-electron chi connectivity index (χ2n) is 4.41. The van der Waals surface area contributed by atoms with Crippen LogP contribution in [0.25, 0.3) is 0 Å². The predicted octanol–water partition coefficient (Wildman–Crippen LogP) is 1.51. The topological polar surface area (TPSA) is 73.3 Å². The van der Waals surface area contributed by atoms with Crippen LogP contribution in [-0.2, 0) is 11.3 Å². The van der Waals surface area contributed by atoms with Gasteiger partial charge in [-0.15, -0.1) is 0 Å². The average Bonchev–Trinajstić information content (AvgIpc) is 2.24. The van der Waals surface area contributed by atoms with Crippen molar-refractivity contribution in [1.82, 2.24) is 15.3 Å². The van der Waals surface area contributed by atoms with Crippen molar-refractivity contribution in [2.75, 3.05) is 7.11 Å². The molecule has 0 saturated carbocycles. The Morgan fingerprint density at radius 1 is 1.41 bits per heavy atom. The largest absolute Gasteiger partial charge is 0.480 e. The first-order valence-corrected chi connectivity index (χ1v) is 5.22. The van der Waals surface area contributed by atoms with Gasteiger partial charge in [-0.25, -0.2) is 9.78 Å². The van der Waals surface area contributed by atoms with Crippen LogP contribution in [0.2, 0.25) is 0 Å². The van der Waals surface area contributed by atoms with Crippen LogP contribution in [0.1, 0.15) is 26.5 Å². The van der Waals surface area contributed by atoms with Crippen molar-refractivity contribution in [2.24, 2.45) is 0 Å². The van der Waals surface area contributed by atoms with Crippen LogP contribution in [0.3, 0.4) is 0 Å². The average molecular weight is 239 g/mol. The number of nitrogens with one attached hydrogen (secondary N) is 1. The van der Waals surface area contributed by atoms with E-state index in [0.717, 1.165) is 0 Å². The molecule has 1 aromatic rings. The van der Waals surface area contributed by atoms with Gasteiger partial charge in [-0.1, -0.05) is 0 Å². The van der Waals surface area contributed by atoms with E-state index in [1.807, 2.05) is 0 Å². The highest BCUT2D eigenvalue weighted by atomic mass is 16.6. The quantitative estimate of drug-likeness (QED) is 0.865. The van der Waals surface area contributed by atoms with E-state index in [-0.39, 0.29) is 6.54 Å². The van der Waals surface area contributed by atoms with Crippen molar-refractivity contribution in [3.63, 3.8) is 0 Å². The zero-order chi connectivity index (χ0) is 12.9. The summed E-state index contributed by atoms with van der Waals surface area (Å²) in [6, 6.07) is 0. The van der Waals surface area contributed by atoms with Gasteiger partial charge in [0.05, 0.1) is 31.7 Å². The van der Waals surface area contributed by atoms with Crippen molar-refractivity contribution < 1.29 is 14.3 Å². The van der Waals surface area contributed by atoms with Gasteiger partial charge in [0.1, 0.15) is 5.60 Å². The number of hydrogen-bond acceptors (Lipinski definition) is 5. The maximum Gasteiger partial charge on any atom is 0.407 e. The summed E-state index contributed by atoms with van der Waals surface area (Å²) in [5, 5.41) is 2.59. The van der Waals surface area contributed by atoms with Crippen molar-refractivity contribution in [2.45, 2.75) is 32.9 Å². The monoisotopic (exact) mass is 239 g/mol. The number of methoxy groups -OCH3 is 1. The molecule has 1 amide bonds. The number of ether oxygens (including phenoxy) is 2. The third kappa shape index (κ3) is 5.14. The minimum absolute atomic E-state index is 0.249. The highest BCUT2D eigenvalue weighted by Crippen LogP contribution is 2.07. The summed E-state index contributed by atoms with van der Waals surface area (Å²) in [5.74, 6) is 0.411. The second kappa shape index (κ2) is 5.47. The maximum absolute atomic E-state index is 11.4. The molecule has 6 heteroatoms. The molecule has 1 N–H and O–H groups in total. The number of aromatic nitrogens is 2. The van der Waals surface area contributed by atoms with Gasteiger partial charge < -0.3 is 14.8 Å². The molecule has 0 aliphatic carbocycles. The normalized spacial score (nSPS) is 10.8. The molecule has 0 bridgehead atoms. The highest BCUT2D eigenvalue weighted by Gasteiger charge is 2.15. The maximum atomic E-state index is 11.4. The third-order valence-electron chi connectivity index (χ3n) is 1.68. The zero-order valence-electron chi connectivity index (χ0n) is 10.5. The van der Waals surface area contributed by atoms with E-state index in [0.29, 0.717) is 11.6 Å². The lowest BCUT2D eigenvalue weighted by Gasteiger charge is -2.19. The van der Waals surface area contributed by atoms with E-state index in [4.69, 9.17) is 9.47 Å². The van der Waals surface area contributed by atoms with E-state index < -0.39 is 11.7 Å². The van der Waals surface area contributed by atoms with E-state index in [1.165, 1.54) is 13.3 Å². The highest BCUT2D eigenvalue weighted by molar-refractivity contribution is 5.67. The van der Waals surface area contributed by atoms with Crippen LogP contribution in [0.5, 0.6) is 5.88 Å². The Labute approximate surface area is 100 Å². The molecule has 1 rings (SSSR count). The Hall–Kier alpha value is -1.85. The van der Waals surface area contributed by atoms with Gasteiger partial charge in [-0.05, 0) is 20.8 Å². The minimum atomic E-state index is -0.510.